The SMILES string of the molecule is CCN1CCN(c2ccc(N3CCCC(C(=O)NCCC(C)C)C3)nn2)CC1. The zero-order valence-corrected chi connectivity index (χ0v) is 17.7. The van der Waals surface area contributed by atoms with Crippen LogP contribution in [0.25, 0.3) is 0 Å². The van der Waals surface area contributed by atoms with Gasteiger partial charge in [0.1, 0.15) is 0 Å². The maximum Gasteiger partial charge on any atom is 0.224 e. The largest absolute Gasteiger partial charge is 0.356 e. The minimum Gasteiger partial charge on any atom is -0.356 e. The van der Waals surface area contributed by atoms with Gasteiger partial charge >= 0.3 is 0 Å². The first-order valence-electron chi connectivity index (χ1n) is 10.9. The van der Waals surface area contributed by atoms with Crippen LogP contribution in [0.4, 0.5) is 11.6 Å². The Hall–Kier alpha value is -1.89. The minimum absolute atomic E-state index is 0.0458. The molecule has 0 aromatic carbocycles. The van der Waals surface area contributed by atoms with Crippen LogP contribution in [-0.2, 0) is 4.79 Å². The molecular weight excluding hydrogens is 352 g/mol. The van der Waals surface area contributed by atoms with Gasteiger partial charge in [0.25, 0.3) is 0 Å². The van der Waals surface area contributed by atoms with Crippen LogP contribution in [0.5, 0.6) is 0 Å². The zero-order valence-electron chi connectivity index (χ0n) is 17.7. The summed E-state index contributed by atoms with van der Waals surface area (Å²) in [7, 11) is 0. The number of carbonyl (C=O) groups excluding carboxylic acids is 1. The first kappa shape index (κ1) is 20.8. The van der Waals surface area contributed by atoms with Crippen LogP contribution in [0, 0.1) is 11.8 Å². The van der Waals surface area contributed by atoms with Crippen LogP contribution in [0.3, 0.4) is 0 Å². The molecule has 1 N–H and O–H groups in total. The number of nitrogens with one attached hydrogen (secondary N) is 1. The number of likely N-dealkylation sites (N-methyl/N-ethyl adjacent to an activating group) is 1. The Morgan fingerprint density at radius 3 is 2.39 bits per heavy atom. The molecule has 2 aliphatic rings. The van der Waals surface area contributed by atoms with Crippen molar-refractivity contribution in [1.29, 1.82) is 0 Å². The topological polar surface area (TPSA) is 64.6 Å². The Balaban J connectivity index is 1.52. The molecule has 1 amide bonds. The number of piperazine rings is 1. The number of carbonyl (C=O) groups is 1. The predicted molar refractivity (Wildman–Crippen MR) is 114 cm³/mol. The van der Waals surface area contributed by atoms with Crippen molar-refractivity contribution in [2.45, 2.75) is 40.0 Å². The van der Waals surface area contributed by atoms with Crippen molar-refractivity contribution in [3.8, 4) is 0 Å². The number of nitrogens with zero attached hydrogens (tertiary/aromatic N) is 5. The fourth-order valence-corrected chi connectivity index (χ4v) is 3.98. The maximum atomic E-state index is 12.5. The Morgan fingerprint density at radius 1 is 1.11 bits per heavy atom. The lowest BCUT2D eigenvalue weighted by Crippen LogP contribution is -2.46. The van der Waals surface area contributed by atoms with Crippen LogP contribution >= 0.6 is 0 Å². The van der Waals surface area contributed by atoms with E-state index in [1.807, 2.05) is 0 Å². The highest BCUT2D eigenvalue weighted by Crippen LogP contribution is 2.23. The van der Waals surface area contributed by atoms with Crippen molar-refractivity contribution in [2.75, 3.05) is 62.2 Å². The van der Waals surface area contributed by atoms with Crippen molar-refractivity contribution < 1.29 is 4.79 Å². The molecule has 0 spiro atoms. The number of piperidine rings is 1. The van der Waals surface area contributed by atoms with Crippen molar-refractivity contribution in [1.82, 2.24) is 20.4 Å². The molecule has 7 nitrogen and oxygen atoms in total. The van der Waals surface area contributed by atoms with Crippen LogP contribution < -0.4 is 15.1 Å². The second-order valence-corrected chi connectivity index (χ2v) is 8.43. The molecule has 7 heteroatoms. The van der Waals surface area contributed by atoms with Gasteiger partial charge in [-0.2, -0.15) is 0 Å². The van der Waals surface area contributed by atoms with Crippen molar-refractivity contribution >= 4 is 17.5 Å². The molecule has 0 aliphatic carbocycles. The van der Waals surface area contributed by atoms with Gasteiger partial charge in [-0.3, -0.25) is 4.79 Å². The van der Waals surface area contributed by atoms with Crippen molar-refractivity contribution in [2.24, 2.45) is 11.8 Å². The summed E-state index contributed by atoms with van der Waals surface area (Å²) in [4.78, 5) is 19.5. The highest BCUT2D eigenvalue weighted by molar-refractivity contribution is 5.79. The summed E-state index contributed by atoms with van der Waals surface area (Å²) in [6, 6.07) is 4.14. The van der Waals surface area contributed by atoms with Crippen LogP contribution in [0.15, 0.2) is 12.1 Å². The highest BCUT2D eigenvalue weighted by atomic mass is 16.1. The standard InChI is InChI=1S/C21H36N6O/c1-4-25-12-14-26(15-13-25)19-7-8-20(24-23-19)27-11-5-6-18(16-27)21(28)22-10-9-17(2)3/h7-8,17-18H,4-6,9-16H2,1-3H3,(H,22,28). The monoisotopic (exact) mass is 388 g/mol. The number of amides is 1. The van der Waals surface area contributed by atoms with Crippen LogP contribution in [0.2, 0.25) is 0 Å². The van der Waals surface area contributed by atoms with E-state index in [1.165, 1.54) is 0 Å². The predicted octanol–water partition coefficient (Wildman–Crippen LogP) is 2.00. The van der Waals surface area contributed by atoms with E-state index in [0.29, 0.717) is 5.92 Å². The van der Waals surface area contributed by atoms with Crippen LogP contribution in [-0.4, -0.2) is 73.4 Å². The fourth-order valence-electron chi connectivity index (χ4n) is 3.98. The van der Waals surface area contributed by atoms with Gasteiger partial charge in [0.2, 0.25) is 5.91 Å². The van der Waals surface area contributed by atoms with E-state index in [9.17, 15) is 4.79 Å². The lowest BCUT2D eigenvalue weighted by Gasteiger charge is -2.35. The number of aromatic nitrogens is 2. The first-order chi connectivity index (χ1) is 13.6. The molecule has 3 heterocycles. The smallest absolute Gasteiger partial charge is 0.224 e. The molecule has 1 atom stereocenters. The average Bonchev–Trinajstić information content (AvgIpc) is 2.74. The first-order valence-corrected chi connectivity index (χ1v) is 10.9. The van der Waals surface area contributed by atoms with Gasteiger partial charge in [-0.1, -0.05) is 20.8 Å². The van der Waals surface area contributed by atoms with E-state index >= 15 is 0 Å². The number of anilines is 2. The van der Waals surface area contributed by atoms with Gasteiger partial charge < -0.3 is 20.0 Å². The van der Waals surface area contributed by atoms with E-state index in [1.54, 1.807) is 0 Å². The Morgan fingerprint density at radius 2 is 1.79 bits per heavy atom. The molecule has 0 saturated carbocycles. The fraction of sp³-hybridized carbons (Fsp3) is 0.762. The summed E-state index contributed by atoms with van der Waals surface area (Å²) in [5.74, 6) is 2.69. The molecule has 0 radical (unpaired) electrons. The molecule has 3 rings (SSSR count). The molecule has 1 aromatic rings. The quantitative estimate of drug-likeness (QED) is 0.771. The molecular formula is C21H36N6O. The van der Waals surface area contributed by atoms with E-state index in [4.69, 9.17) is 0 Å². The summed E-state index contributed by atoms with van der Waals surface area (Å²) in [6.45, 7) is 14.3. The van der Waals surface area contributed by atoms with E-state index < -0.39 is 0 Å². The van der Waals surface area contributed by atoms with Gasteiger partial charge in [-0.05, 0) is 43.9 Å². The average molecular weight is 389 g/mol. The summed E-state index contributed by atoms with van der Waals surface area (Å²) in [5, 5.41) is 12.1. The van der Waals surface area contributed by atoms with Gasteiger partial charge in [-0.25, -0.2) is 0 Å². The zero-order chi connectivity index (χ0) is 19.9. The lowest BCUT2D eigenvalue weighted by molar-refractivity contribution is -0.125. The molecule has 1 unspecified atom stereocenters. The molecule has 28 heavy (non-hydrogen) atoms. The molecule has 0 bridgehead atoms. The number of hydrogen-bond donors (Lipinski definition) is 1. The third kappa shape index (κ3) is 5.56. The van der Waals surface area contributed by atoms with E-state index in [2.05, 4.69) is 63.1 Å². The highest BCUT2D eigenvalue weighted by Gasteiger charge is 2.27. The Bertz CT molecular complexity index is 612. The second-order valence-electron chi connectivity index (χ2n) is 8.43. The number of hydrogen-bond acceptors (Lipinski definition) is 6. The summed E-state index contributed by atoms with van der Waals surface area (Å²) >= 11 is 0. The van der Waals surface area contributed by atoms with Crippen molar-refractivity contribution in [3.63, 3.8) is 0 Å². The van der Waals surface area contributed by atoms with E-state index in [0.717, 1.165) is 83.3 Å². The van der Waals surface area contributed by atoms with Gasteiger partial charge in [-0.15, -0.1) is 10.2 Å². The summed E-state index contributed by atoms with van der Waals surface area (Å²) in [6.07, 6.45) is 3.00. The molecule has 2 fully saturated rings. The lowest BCUT2D eigenvalue weighted by atomic mass is 9.97. The summed E-state index contributed by atoms with van der Waals surface area (Å²) in [5.41, 5.74) is 0. The van der Waals surface area contributed by atoms with Gasteiger partial charge in [0, 0.05) is 45.8 Å². The summed E-state index contributed by atoms with van der Waals surface area (Å²) < 4.78 is 0. The van der Waals surface area contributed by atoms with Gasteiger partial charge in [0.15, 0.2) is 11.6 Å². The molecule has 2 saturated heterocycles. The van der Waals surface area contributed by atoms with E-state index in [-0.39, 0.29) is 11.8 Å². The molecule has 156 valence electrons. The molecule has 2 aliphatic heterocycles. The Kier molecular flexibility index (Phi) is 7.48. The van der Waals surface area contributed by atoms with Crippen LogP contribution in [0.1, 0.15) is 40.0 Å². The Labute approximate surface area is 169 Å². The third-order valence-corrected chi connectivity index (χ3v) is 5.92. The minimum atomic E-state index is 0.0458. The molecule has 1 aromatic heterocycles. The van der Waals surface area contributed by atoms with Crippen molar-refractivity contribution in [3.05, 3.63) is 12.1 Å². The number of rotatable bonds is 7. The maximum absolute atomic E-state index is 12.5. The second kappa shape index (κ2) is 10.0. The normalized spacial score (nSPS) is 21.2. The third-order valence-electron chi connectivity index (χ3n) is 5.92. The van der Waals surface area contributed by atoms with Gasteiger partial charge in [0.05, 0.1) is 5.92 Å².